The molecular formula is C19H10F8N2O2. The van der Waals surface area contributed by atoms with Crippen LogP contribution < -0.4 is 20.9 Å². The molecule has 0 aliphatic heterocycles. The Labute approximate surface area is 168 Å². The van der Waals surface area contributed by atoms with Crippen molar-refractivity contribution in [2.24, 2.45) is 0 Å². The van der Waals surface area contributed by atoms with E-state index in [4.69, 9.17) is 20.9 Å². The second-order valence-corrected chi connectivity index (χ2v) is 6.09. The van der Waals surface area contributed by atoms with Crippen molar-refractivity contribution in [3.8, 4) is 23.0 Å². The van der Waals surface area contributed by atoms with Gasteiger partial charge in [0, 0.05) is 36.4 Å². The molecule has 3 rings (SSSR count). The summed E-state index contributed by atoms with van der Waals surface area (Å²) < 4.78 is 119. The molecule has 0 unspecified atom stereocenters. The lowest BCUT2D eigenvalue weighted by Crippen LogP contribution is -2.11. The van der Waals surface area contributed by atoms with E-state index in [2.05, 4.69) is 0 Å². The standard InChI is InChI=1S/C19H10F8N2O2/c20-7-1-11(28)17(23)14(3-7)30-9-5-10(22)16(19(25,26)27)13(6-9)31-15-4-8(21)2-12(29)18(15)24/h1-6H,28-29H2. The zero-order chi connectivity index (χ0) is 23.1. The first-order valence-electron chi connectivity index (χ1n) is 8.12. The first-order valence-corrected chi connectivity index (χ1v) is 8.12. The third kappa shape index (κ3) is 4.57. The maximum atomic E-state index is 14.3. The lowest BCUT2D eigenvalue weighted by molar-refractivity contribution is -0.141. The summed E-state index contributed by atoms with van der Waals surface area (Å²) in [4.78, 5) is 0. The van der Waals surface area contributed by atoms with Crippen LogP contribution in [0, 0.1) is 29.1 Å². The van der Waals surface area contributed by atoms with Gasteiger partial charge < -0.3 is 20.9 Å². The minimum Gasteiger partial charge on any atom is -0.454 e. The lowest BCUT2D eigenvalue weighted by atomic mass is 10.1. The average molecular weight is 450 g/mol. The molecule has 0 heterocycles. The molecular weight excluding hydrogens is 440 g/mol. The fraction of sp³-hybridized carbons (Fsp3) is 0.0526. The number of hydrogen-bond acceptors (Lipinski definition) is 4. The van der Waals surface area contributed by atoms with Crippen LogP contribution in [0.15, 0.2) is 36.4 Å². The van der Waals surface area contributed by atoms with Crippen molar-refractivity contribution in [1.82, 2.24) is 0 Å². The van der Waals surface area contributed by atoms with E-state index in [1.807, 2.05) is 0 Å². The molecule has 0 spiro atoms. The van der Waals surface area contributed by atoms with E-state index in [1.54, 1.807) is 0 Å². The number of nitrogen functional groups attached to an aromatic ring is 2. The maximum absolute atomic E-state index is 14.3. The summed E-state index contributed by atoms with van der Waals surface area (Å²) in [5.74, 6) is -10.9. The van der Waals surface area contributed by atoms with Crippen molar-refractivity contribution in [2.75, 3.05) is 11.5 Å². The summed E-state index contributed by atoms with van der Waals surface area (Å²) in [6.45, 7) is 0. The zero-order valence-electron chi connectivity index (χ0n) is 15.0. The molecule has 3 aromatic carbocycles. The quantitative estimate of drug-likeness (QED) is 0.370. The molecule has 164 valence electrons. The highest BCUT2D eigenvalue weighted by Crippen LogP contribution is 2.44. The van der Waals surface area contributed by atoms with Crippen LogP contribution in [-0.2, 0) is 6.18 Å². The van der Waals surface area contributed by atoms with E-state index in [0.29, 0.717) is 30.3 Å². The molecule has 0 bridgehead atoms. The Morgan fingerprint density at radius 3 is 1.58 bits per heavy atom. The molecule has 4 nitrogen and oxygen atoms in total. The molecule has 0 amide bonds. The van der Waals surface area contributed by atoms with E-state index in [-0.39, 0.29) is 6.07 Å². The van der Waals surface area contributed by atoms with Gasteiger partial charge in [-0.15, -0.1) is 0 Å². The molecule has 0 aliphatic rings. The van der Waals surface area contributed by atoms with Crippen LogP contribution in [0.3, 0.4) is 0 Å². The van der Waals surface area contributed by atoms with Crippen LogP contribution in [0.2, 0.25) is 0 Å². The molecule has 0 aliphatic carbocycles. The third-order valence-corrected chi connectivity index (χ3v) is 3.82. The molecule has 31 heavy (non-hydrogen) atoms. The second kappa shape index (κ2) is 7.85. The molecule has 3 aromatic rings. The fourth-order valence-electron chi connectivity index (χ4n) is 2.54. The molecule has 12 heteroatoms. The van der Waals surface area contributed by atoms with Gasteiger partial charge >= 0.3 is 6.18 Å². The van der Waals surface area contributed by atoms with Crippen LogP contribution >= 0.6 is 0 Å². The van der Waals surface area contributed by atoms with E-state index < -0.39 is 75.2 Å². The highest BCUT2D eigenvalue weighted by Gasteiger charge is 2.39. The Morgan fingerprint density at radius 2 is 1.10 bits per heavy atom. The summed E-state index contributed by atoms with van der Waals surface area (Å²) in [5.41, 5.74) is 6.98. The fourth-order valence-corrected chi connectivity index (χ4v) is 2.54. The second-order valence-electron chi connectivity index (χ2n) is 6.09. The van der Waals surface area contributed by atoms with Gasteiger partial charge in [0.2, 0.25) is 0 Å². The van der Waals surface area contributed by atoms with Crippen LogP contribution in [0.4, 0.5) is 46.5 Å². The molecule has 0 radical (unpaired) electrons. The van der Waals surface area contributed by atoms with Gasteiger partial charge in [-0.3, -0.25) is 0 Å². The summed E-state index contributed by atoms with van der Waals surface area (Å²) >= 11 is 0. The summed E-state index contributed by atoms with van der Waals surface area (Å²) in [6.07, 6.45) is -5.33. The predicted molar refractivity (Wildman–Crippen MR) is 93.1 cm³/mol. The Balaban J connectivity index is 2.13. The molecule has 4 N–H and O–H groups in total. The van der Waals surface area contributed by atoms with Crippen molar-refractivity contribution in [3.05, 3.63) is 71.0 Å². The number of benzene rings is 3. The van der Waals surface area contributed by atoms with Crippen molar-refractivity contribution in [1.29, 1.82) is 0 Å². The number of halogens is 8. The Bertz CT molecular complexity index is 1160. The summed E-state index contributed by atoms with van der Waals surface area (Å²) in [6, 6.07) is 2.68. The van der Waals surface area contributed by atoms with Gasteiger partial charge in [0.15, 0.2) is 23.1 Å². The average Bonchev–Trinajstić information content (AvgIpc) is 2.62. The molecule has 0 saturated heterocycles. The third-order valence-electron chi connectivity index (χ3n) is 3.82. The van der Waals surface area contributed by atoms with Gasteiger partial charge in [-0.1, -0.05) is 0 Å². The van der Waals surface area contributed by atoms with Crippen LogP contribution in [-0.4, -0.2) is 0 Å². The highest BCUT2D eigenvalue weighted by molar-refractivity contribution is 5.52. The predicted octanol–water partition coefficient (Wildman–Crippen LogP) is 6.15. The van der Waals surface area contributed by atoms with Gasteiger partial charge in [0.25, 0.3) is 0 Å². The Morgan fingerprint density at radius 1 is 0.613 bits per heavy atom. The summed E-state index contributed by atoms with van der Waals surface area (Å²) in [5, 5.41) is 0. The van der Waals surface area contributed by atoms with Crippen LogP contribution in [0.25, 0.3) is 0 Å². The van der Waals surface area contributed by atoms with Crippen molar-refractivity contribution in [2.45, 2.75) is 6.18 Å². The topological polar surface area (TPSA) is 70.5 Å². The Hall–Kier alpha value is -3.70. The zero-order valence-corrected chi connectivity index (χ0v) is 15.0. The van der Waals surface area contributed by atoms with Gasteiger partial charge in [-0.25, -0.2) is 22.0 Å². The van der Waals surface area contributed by atoms with E-state index in [9.17, 15) is 35.1 Å². The molecule has 0 atom stereocenters. The molecule has 0 saturated carbocycles. The van der Waals surface area contributed by atoms with E-state index in [0.717, 1.165) is 0 Å². The maximum Gasteiger partial charge on any atom is 0.422 e. The number of anilines is 2. The van der Waals surface area contributed by atoms with Gasteiger partial charge in [0.1, 0.15) is 34.5 Å². The SMILES string of the molecule is Nc1cc(F)cc(Oc2cc(F)c(C(F)(F)F)c(Oc3cc(F)cc(N)c3F)c2)c1F. The summed E-state index contributed by atoms with van der Waals surface area (Å²) in [7, 11) is 0. The first-order chi connectivity index (χ1) is 14.4. The smallest absolute Gasteiger partial charge is 0.422 e. The number of alkyl halides is 3. The number of rotatable bonds is 4. The normalized spacial score (nSPS) is 11.5. The number of ether oxygens (including phenoxy) is 2. The van der Waals surface area contributed by atoms with Gasteiger partial charge in [0.05, 0.1) is 11.4 Å². The largest absolute Gasteiger partial charge is 0.454 e. The van der Waals surface area contributed by atoms with Gasteiger partial charge in [-0.2, -0.15) is 13.2 Å². The van der Waals surface area contributed by atoms with Crippen LogP contribution in [0.5, 0.6) is 23.0 Å². The lowest BCUT2D eigenvalue weighted by Gasteiger charge is -2.17. The first kappa shape index (κ1) is 22.0. The minimum atomic E-state index is -5.33. The Kier molecular flexibility index (Phi) is 5.57. The number of hydrogen-bond donors (Lipinski definition) is 2. The van der Waals surface area contributed by atoms with Gasteiger partial charge in [-0.05, 0) is 0 Å². The van der Waals surface area contributed by atoms with E-state index in [1.165, 1.54) is 0 Å². The number of nitrogens with two attached hydrogens (primary N) is 2. The molecule has 0 aromatic heterocycles. The minimum absolute atomic E-state index is 0.215. The highest BCUT2D eigenvalue weighted by atomic mass is 19.4. The van der Waals surface area contributed by atoms with Crippen molar-refractivity contribution < 1.29 is 44.6 Å². The molecule has 0 fully saturated rings. The van der Waals surface area contributed by atoms with Crippen LogP contribution in [0.1, 0.15) is 5.56 Å². The van der Waals surface area contributed by atoms with Crippen molar-refractivity contribution >= 4 is 11.4 Å². The van der Waals surface area contributed by atoms with Crippen molar-refractivity contribution in [3.63, 3.8) is 0 Å². The van der Waals surface area contributed by atoms with E-state index >= 15 is 0 Å². The monoisotopic (exact) mass is 450 g/mol.